The third-order valence-corrected chi connectivity index (χ3v) is 3.02. The van der Waals surface area contributed by atoms with Crippen molar-refractivity contribution >= 4 is 34.8 Å². The molecule has 1 aromatic rings. The summed E-state index contributed by atoms with van der Waals surface area (Å²) in [6, 6.07) is 3.47. The van der Waals surface area contributed by atoms with Crippen LogP contribution in [0.1, 0.15) is 5.56 Å². The molecular weight excluding hydrogens is 277 g/mol. The van der Waals surface area contributed by atoms with E-state index in [9.17, 15) is 4.79 Å². The van der Waals surface area contributed by atoms with Crippen molar-refractivity contribution in [2.24, 2.45) is 0 Å². The van der Waals surface area contributed by atoms with Crippen LogP contribution >= 0.6 is 23.2 Å². The summed E-state index contributed by atoms with van der Waals surface area (Å²) in [6.45, 7) is 2.58. The average Bonchev–Trinajstić information content (AvgIpc) is 2.35. The minimum atomic E-state index is -0.305. The molecule has 0 saturated carbocycles. The summed E-state index contributed by atoms with van der Waals surface area (Å²) in [5, 5.41) is 3.46. The molecule has 0 unspecified atom stereocenters. The van der Waals surface area contributed by atoms with Gasteiger partial charge in [0.15, 0.2) is 0 Å². The fourth-order valence-electron chi connectivity index (χ4n) is 1.25. The lowest BCUT2D eigenvalue weighted by molar-refractivity contribution is -0.121. The summed E-state index contributed by atoms with van der Waals surface area (Å²) in [6.07, 6.45) is 0. The average molecular weight is 292 g/mol. The largest absolute Gasteiger partial charge is 0.382 e. The van der Waals surface area contributed by atoms with Crippen LogP contribution in [-0.4, -0.2) is 32.8 Å². The van der Waals surface area contributed by atoms with E-state index in [1.54, 1.807) is 19.2 Å². The molecule has 0 radical (unpaired) electrons. The van der Waals surface area contributed by atoms with E-state index in [1.165, 1.54) is 0 Å². The Bertz CT molecular complexity index is 424. The third kappa shape index (κ3) is 4.46. The molecule has 0 heterocycles. The summed E-state index contributed by atoms with van der Waals surface area (Å²) in [7, 11) is 1.57. The van der Waals surface area contributed by atoms with Crippen molar-refractivity contribution in [2.45, 2.75) is 6.92 Å². The Morgan fingerprint density at radius 1 is 1.33 bits per heavy atom. The molecule has 0 spiro atoms. The lowest BCUT2D eigenvalue weighted by atomic mass is 10.2. The number of carbonyl (C=O) groups excluding carboxylic acids is 1. The Kier molecular flexibility index (Phi) is 6.43. The van der Waals surface area contributed by atoms with Crippen molar-refractivity contribution < 1.29 is 14.3 Å². The molecule has 1 N–H and O–H groups in total. The van der Waals surface area contributed by atoms with Crippen LogP contribution in [0.4, 0.5) is 5.69 Å². The molecule has 0 aliphatic carbocycles. The van der Waals surface area contributed by atoms with Gasteiger partial charge in [0.2, 0.25) is 5.91 Å². The Balaban J connectivity index is 2.57. The number of aryl methyl sites for hydroxylation is 1. The number of anilines is 1. The highest BCUT2D eigenvalue weighted by molar-refractivity contribution is 6.40. The van der Waals surface area contributed by atoms with E-state index in [-0.39, 0.29) is 12.5 Å². The van der Waals surface area contributed by atoms with Gasteiger partial charge in [-0.1, -0.05) is 29.3 Å². The molecule has 18 heavy (non-hydrogen) atoms. The van der Waals surface area contributed by atoms with Crippen LogP contribution in [0.5, 0.6) is 0 Å². The molecule has 1 aromatic carbocycles. The number of ether oxygens (including phenoxy) is 2. The molecule has 0 aliphatic heterocycles. The number of halogens is 2. The second-order valence-electron chi connectivity index (χ2n) is 3.65. The fraction of sp³-hybridized carbons (Fsp3) is 0.417. The first kappa shape index (κ1) is 15.2. The molecule has 0 atom stereocenters. The number of amides is 1. The van der Waals surface area contributed by atoms with Crippen LogP contribution in [0.2, 0.25) is 10.0 Å². The van der Waals surface area contributed by atoms with Crippen molar-refractivity contribution in [3.8, 4) is 0 Å². The van der Waals surface area contributed by atoms with E-state index >= 15 is 0 Å². The van der Waals surface area contributed by atoms with E-state index in [0.717, 1.165) is 5.56 Å². The summed E-state index contributed by atoms with van der Waals surface area (Å²) in [5.74, 6) is -0.305. The monoisotopic (exact) mass is 291 g/mol. The van der Waals surface area contributed by atoms with Crippen LogP contribution in [0.15, 0.2) is 12.1 Å². The van der Waals surface area contributed by atoms with Crippen molar-refractivity contribution in [3.05, 3.63) is 27.7 Å². The van der Waals surface area contributed by atoms with Gasteiger partial charge in [0.05, 0.1) is 28.9 Å². The Morgan fingerprint density at radius 3 is 2.72 bits per heavy atom. The summed E-state index contributed by atoms with van der Waals surface area (Å²) in [5.41, 5.74) is 1.26. The van der Waals surface area contributed by atoms with Crippen molar-refractivity contribution in [3.63, 3.8) is 0 Å². The highest BCUT2D eigenvalue weighted by Gasteiger charge is 2.11. The van der Waals surface area contributed by atoms with Gasteiger partial charge in [0.25, 0.3) is 0 Å². The van der Waals surface area contributed by atoms with Gasteiger partial charge in [-0.25, -0.2) is 0 Å². The lowest BCUT2D eigenvalue weighted by Crippen LogP contribution is -2.20. The van der Waals surface area contributed by atoms with Gasteiger partial charge in [-0.3, -0.25) is 4.79 Å². The highest BCUT2D eigenvalue weighted by Crippen LogP contribution is 2.32. The van der Waals surface area contributed by atoms with Gasteiger partial charge < -0.3 is 14.8 Å². The SMILES string of the molecule is COCCOCC(=O)Nc1c(Cl)ccc(C)c1Cl. The zero-order chi connectivity index (χ0) is 13.5. The number of methoxy groups -OCH3 is 1. The first-order chi connectivity index (χ1) is 8.56. The van der Waals surface area contributed by atoms with Crippen LogP contribution in [0.25, 0.3) is 0 Å². The van der Waals surface area contributed by atoms with E-state index in [1.807, 2.05) is 6.92 Å². The maximum absolute atomic E-state index is 11.6. The molecule has 1 amide bonds. The molecule has 4 nitrogen and oxygen atoms in total. The fourth-order valence-corrected chi connectivity index (χ4v) is 1.72. The first-order valence-corrected chi connectivity index (χ1v) is 6.13. The molecule has 0 saturated heterocycles. The van der Waals surface area contributed by atoms with Crippen LogP contribution in [0.3, 0.4) is 0 Å². The molecular formula is C12H15Cl2NO3. The normalized spacial score (nSPS) is 10.4. The van der Waals surface area contributed by atoms with Gasteiger partial charge in [0, 0.05) is 7.11 Å². The van der Waals surface area contributed by atoms with Crippen molar-refractivity contribution in [1.82, 2.24) is 0 Å². The van der Waals surface area contributed by atoms with Gasteiger partial charge >= 0.3 is 0 Å². The predicted molar refractivity (Wildman–Crippen MR) is 72.5 cm³/mol. The van der Waals surface area contributed by atoms with Crippen LogP contribution in [-0.2, 0) is 14.3 Å². The Hall–Kier alpha value is -0.810. The lowest BCUT2D eigenvalue weighted by Gasteiger charge is -2.11. The number of nitrogens with one attached hydrogen (secondary N) is 1. The van der Waals surface area contributed by atoms with E-state index in [4.69, 9.17) is 32.7 Å². The smallest absolute Gasteiger partial charge is 0.250 e. The Morgan fingerprint density at radius 2 is 2.06 bits per heavy atom. The number of benzene rings is 1. The van der Waals surface area contributed by atoms with Crippen molar-refractivity contribution in [2.75, 3.05) is 32.2 Å². The number of carbonyl (C=O) groups is 1. The predicted octanol–water partition coefficient (Wildman–Crippen LogP) is 2.90. The zero-order valence-electron chi connectivity index (χ0n) is 10.3. The number of rotatable bonds is 6. The topological polar surface area (TPSA) is 47.6 Å². The van der Waals surface area contributed by atoms with Gasteiger partial charge in [-0.05, 0) is 18.6 Å². The second-order valence-corrected chi connectivity index (χ2v) is 4.43. The third-order valence-electron chi connectivity index (χ3n) is 2.21. The second kappa shape index (κ2) is 7.59. The maximum atomic E-state index is 11.6. The molecule has 0 aromatic heterocycles. The number of hydrogen-bond donors (Lipinski definition) is 1. The quantitative estimate of drug-likeness (QED) is 0.820. The number of hydrogen-bond acceptors (Lipinski definition) is 3. The molecule has 100 valence electrons. The minimum absolute atomic E-state index is 0.0655. The van der Waals surface area contributed by atoms with E-state index < -0.39 is 0 Å². The standard InChI is InChI=1S/C12H15Cl2NO3/c1-8-3-4-9(13)12(11(8)14)15-10(16)7-18-6-5-17-2/h3-4H,5-7H2,1-2H3,(H,15,16). The van der Waals surface area contributed by atoms with Crippen molar-refractivity contribution in [1.29, 1.82) is 0 Å². The van der Waals surface area contributed by atoms with Crippen LogP contribution in [0, 0.1) is 6.92 Å². The van der Waals surface area contributed by atoms with Crippen LogP contribution < -0.4 is 5.32 Å². The zero-order valence-corrected chi connectivity index (χ0v) is 11.8. The molecule has 0 bridgehead atoms. The molecule has 1 rings (SSSR count). The maximum Gasteiger partial charge on any atom is 0.250 e. The summed E-state index contributed by atoms with van der Waals surface area (Å²) < 4.78 is 9.89. The summed E-state index contributed by atoms with van der Waals surface area (Å²) in [4.78, 5) is 11.6. The van der Waals surface area contributed by atoms with E-state index in [2.05, 4.69) is 5.32 Å². The molecule has 6 heteroatoms. The van der Waals surface area contributed by atoms with Gasteiger partial charge in [-0.15, -0.1) is 0 Å². The highest BCUT2D eigenvalue weighted by atomic mass is 35.5. The van der Waals surface area contributed by atoms with E-state index in [0.29, 0.717) is 28.9 Å². The van der Waals surface area contributed by atoms with Gasteiger partial charge in [0.1, 0.15) is 6.61 Å². The van der Waals surface area contributed by atoms with Gasteiger partial charge in [-0.2, -0.15) is 0 Å². The molecule has 0 fully saturated rings. The molecule has 0 aliphatic rings. The summed E-state index contributed by atoms with van der Waals surface area (Å²) >= 11 is 12.0. The first-order valence-electron chi connectivity index (χ1n) is 5.37. The minimum Gasteiger partial charge on any atom is -0.382 e. The Labute approximate surface area is 116 Å².